The first-order valence-electron chi connectivity index (χ1n) is 7.59. The molecule has 1 heterocycles. The van der Waals surface area contributed by atoms with E-state index in [1.54, 1.807) is 6.07 Å². The Bertz CT molecular complexity index is 424. The number of hydrogen-bond acceptors (Lipinski definition) is 7. The molecule has 1 aromatic heterocycles. The Morgan fingerprint density at radius 1 is 1.29 bits per heavy atom. The number of rotatable bonds is 9. The fourth-order valence-electron chi connectivity index (χ4n) is 2.38. The van der Waals surface area contributed by atoms with Gasteiger partial charge in [-0.25, -0.2) is 15.8 Å². The zero-order valence-electron chi connectivity index (χ0n) is 12.6. The van der Waals surface area contributed by atoms with Crippen molar-refractivity contribution in [1.29, 1.82) is 0 Å². The van der Waals surface area contributed by atoms with Crippen molar-refractivity contribution >= 4 is 11.6 Å². The number of hydrazine groups is 1. The number of nitrogens with zero attached hydrogens (tertiary/aromatic N) is 2. The third-order valence-electron chi connectivity index (χ3n) is 3.42. The second kappa shape index (κ2) is 8.76. The van der Waals surface area contributed by atoms with Gasteiger partial charge >= 0.3 is 0 Å². The SMILES string of the molecule is CCOCc1nc(NN)cc(NCCOC2CCCC2)n1. The highest BCUT2D eigenvalue weighted by Gasteiger charge is 2.14. The van der Waals surface area contributed by atoms with Crippen LogP contribution >= 0.6 is 0 Å². The Morgan fingerprint density at radius 3 is 2.76 bits per heavy atom. The zero-order valence-corrected chi connectivity index (χ0v) is 12.6. The summed E-state index contributed by atoms with van der Waals surface area (Å²) in [4.78, 5) is 8.63. The number of anilines is 2. The topological polar surface area (TPSA) is 94.3 Å². The third-order valence-corrected chi connectivity index (χ3v) is 3.42. The number of hydrogen-bond donors (Lipinski definition) is 3. The van der Waals surface area contributed by atoms with Gasteiger partial charge in [0.15, 0.2) is 5.82 Å². The predicted octanol–water partition coefficient (Wildman–Crippen LogP) is 1.67. The number of nitrogen functional groups attached to an aromatic ring is 1. The molecule has 0 bridgehead atoms. The summed E-state index contributed by atoms with van der Waals surface area (Å²) >= 11 is 0. The molecule has 0 aromatic carbocycles. The van der Waals surface area contributed by atoms with Gasteiger partial charge in [-0.2, -0.15) is 0 Å². The molecule has 0 spiro atoms. The summed E-state index contributed by atoms with van der Waals surface area (Å²) < 4.78 is 11.1. The fraction of sp³-hybridized carbons (Fsp3) is 0.714. The van der Waals surface area contributed by atoms with Crippen molar-refractivity contribution < 1.29 is 9.47 Å². The summed E-state index contributed by atoms with van der Waals surface area (Å²) in [6.45, 7) is 4.33. The molecule has 1 aromatic rings. The minimum Gasteiger partial charge on any atom is -0.376 e. The van der Waals surface area contributed by atoms with E-state index in [1.165, 1.54) is 25.7 Å². The van der Waals surface area contributed by atoms with Crippen molar-refractivity contribution in [3.05, 3.63) is 11.9 Å². The Morgan fingerprint density at radius 2 is 2.05 bits per heavy atom. The maximum atomic E-state index is 5.81. The maximum absolute atomic E-state index is 5.81. The third kappa shape index (κ3) is 5.45. The molecular weight excluding hydrogens is 270 g/mol. The van der Waals surface area contributed by atoms with Crippen molar-refractivity contribution in [1.82, 2.24) is 9.97 Å². The monoisotopic (exact) mass is 295 g/mol. The molecule has 0 radical (unpaired) electrons. The molecule has 2 rings (SSSR count). The molecule has 21 heavy (non-hydrogen) atoms. The lowest BCUT2D eigenvalue weighted by atomic mass is 10.3. The second-order valence-electron chi connectivity index (χ2n) is 5.04. The Hall–Kier alpha value is -1.44. The van der Waals surface area contributed by atoms with E-state index in [9.17, 15) is 0 Å². The van der Waals surface area contributed by atoms with E-state index in [0.717, 1.165) is 5.82 Å². The molecule has 0 aliphatic heterocycles. The maximum Gasteiger partial charge on any atom is 0.158 e. The van der Waals surface area contributed by atoms with Crippen LogP contribution in [-0.2, 0) is 16.1 Å². The van der Waals surface area contributed by atoms with Gasteiger partial charge in [-0.1, -0.05) is 12.8 Å². The largest absolute Gasteiger partial charge is 0.376 e. The van der Waals surface area contributed by atoms with Crippen LogP contribution in [0.5, 0.6) is 0 Å². The minimum absolute atomic E-state index is 0.374. The Balaban J connectivity index is 1.80. The summed E-state index contributed by atoms with van der Waals surface area (Å²) in [6, 6.07) is 1.77. The molecule has 0 atom stereocenters. The van der Waals surface area contributed by atoms with Crippen LogP contribution in [0.25, 0.3) is 0 Å². The van der Waals surface area contributed by atoms with Crippen molar-refractivity contribution in [2.75, 3.05) is 30.5 Å². The summed E-state index contributed by atoms with van der Waals surface area (Å²) in [5.41, 5.74) is 2.54. The highest BCUT2D eigenvalue weighted by molar-refractivity contribution is 5.46. The lowest BCUT2D eigenvalue weighted by Crippen LogP contribution is -2.17. The number of ether oxygens (including phenoxy) is 2. The normalized spacial score (nSPS) is 15.3. The van der Waals surface area contributed by atoms with Crippen LogP contribution in [0.1, 0.15) is 38.4 Å². The smallest absolute Gasteiger partial charge is 0.158 e. The van der Waals surface area contributed by atoms with Gasteiger partial charge in [-0.05, 0) is 19.8 Å². The second-order valence-corrected chi connectivity index (χ2v) is 5.04. The summed E-state index contributed by atoms with van der Waals surface area (Å²) in [5.74, 6) is 7.32. The van der Waals surface area contributed by atoms with Crippen molar-refractivity contribution in [2.24, 2.45) is 5.84 Å². The summed E-state index contributed by atoms with van der Waals surface area (Å²) in [6.07, 6.45) is 5.39. The predicted molar refractivity (Wildman–Crippen MR) is 81.9 cm³/mol. The van der Waals surface area contributed by atoms with E-state index < -0.39 is 0 Å². The van der Waals surface area contributed by atoms with E-state index in [1.807, 2.05) is 6.92 Å². The molecule has 0 unspecified atom stereocenters. The van der Waals surface area contributed by atoms with Crippen LogP contribution < -0.4 is 16.6 Å². The van der Waals surface area contributed by atoms with E-state index in [-0.39, 0.29) is 0 Å². The van der Waals surface area contributed by atoms with E-state index in [2.05, 4.69) is 20.7 Å². The molecule has 7 heteroatoms. The van der Waals surface area contributed by atoms with Crippen LogP contribution in [-0.4, -0.2) is 35.8 Å². The van der Waals surface area contributed by atoms with Crippen LogP contribution in [0.15, 0.2) is 6.07 Å². The van der Waals surface area contributed by atoms with Gasteiger partial charge in [0, 0.05) is 19.2 Å². The molecular formula is C14H25N5O2. The first-order chi connectivity index (χ1) is 10.3. The van der Waals surface area contributed by atoms with Gasteiger partial charge in [-0.15, -0.1) is 0 Å². The molecule has 118 valence electrons. The molecule has 0 amide bonds. The van der Waals surface area contributed by atoms with Crippen LogP contribution in [0.3, 0.4) is 0 Å². The standard InChI is InChI=1S/C14H25N5O2/c1-2-20-10-14-17-12(9-13(18-14)19-15)16-7-8-21-11-5-3-4-6-11/h9,11H,2-8,10,15H2,1H3,(H2,16,17,18,19). The molecule has 1 saturated carbocycles. The van der Waals surface area contributed by atoms with Gasteiger partial charge in [0.05, 0.1) is 12.7 Å². The summed E-state index contributed by atoms with van der Waals surface area (Å²) in [7, 11) is 0. The van der Waals surface area contributed by atoms with E-state index >= 15 is 0 Å². The minimum atomic E-state index is 0.374. The lowest BCUT2D eigenvalue weighted by Gasteiger charge is -2.13. The summed E-state index contributed by atoms with van der Waals surface area (Å²) in [5, 5.41) is 3.23. The average Bonchev–Trinajstić information content (AvgIpc) is 3.02. The Kier molecular flexibility index (Phi) is 6.65. The molecule has 7 nitrogen and oxygen atoms in total. The van der Waals surface area contributed by atoms with Crippen LogP contribution in [0.2, 0.25) is 0 Å². The lowest BCUT2D eigenvalue weighted by molar-refractivity contribution is 0.0658. The average molecular weight is 295 g/mol. The number of nitrogens with one attached hydrogen (secondary N) is 2. The number of aromatic nitrogens is 2. The highest BCUT2D eigenvalue weighted by Crippen LogP contribution is 2.20. The quantitative estimate of drug-likeness (QED) is 0.362. The fourth-order valence-corrected chi connectivity index (χ4v) is 2.38. The molecule has 4 N–H and O–H groups in total. The van der Waals surface area contributed by atoms with Gasteiger partial charge in [0.1, 0.15) is 18.2 Å². The highest BCUT2D eigenvalue weighted by atomic mass is 16.5. The van der Waals surface area contributed by atoms with E-state index in [0.29, 0.717) is 44.1 Å². The van der Waals surface area contributed by atoms with Gasteiger partial charge in [0.2, 0.25) is 0 Å². The first kappa shape index (κ1) is 15.9. The van der Waals surface area contributed by atoms with Crippen molar-refractivity contribution in [3.8, 4) is 0 Å². The van der Waals surface area contributed by atoms with Crippen molar-refractivity contribution in [3.63, 3.8) is 0 Å². The van der Waals surface area contributed by atoms with Gasteiger partial charge < -0.3 is 20.2 Å². The number of nitrogens with two attached hydrogens (primary N) is 1. The van der Waals surface area contributed by atoms with Crippen molar-refractivity contribution in [2.45, 2.75) is 45.3 Å². The Labute approximate surface area is 125 Å². The molecule has 0 saturated heterocycles. The molecule has 1 aliphatic rings. The zero-order chi connectivity index (χ0) is 14.9. The van der Waals surface area contributed by atoms with Crippen LogP contribution in [0.4, 0.5) is 11.6 Å². The molecule has 1 fully saturated rings. The molecule has 1 aliphatic carbocycles. The van der Waals surface area contributed by atoms with Gasteiger partial charge in [0.25, 0.3) is 0 Å². The first-order valence-corrected chi connectivity index (χ1v) is 7.59. The van der Waals surface area contributed by atoms with Crippen LogP contribution in [0, 0.1) is 0 Å². The van der Waals surface area contributed by atoms with E-state index in [4.69, 9.17) is 15.3 Å². The van der Waals surface area contributed by atoms with Gasteiger partial charge in [-0.3, -0.25) is 0 Å².